The molecule has 0 fully saturated rings. The van der Waals surface area contributed by atoms with E-state index in [4.69, 9.17) is 9.26 Å². The Morgan fingerprint density at radius 3 is 2.70 bits per heavy atom. The number of likely N-dealkylation sites (N-methyl/N-ethyl adjacent to an activating group) is 1. The number of esters is 1. The van der Waals surface area contributed by atoms with E-state index in [2.05, 4.69) is 10.5 Å². The Balaban J connectivity index is 1.92. The Morgan fingerprint density at radius 2 is 1.96 bits per heavy atom. The van der Waals surface area contributed by atoms with E-state index >= 15 is 0 Å². The van der Waals surface area contributed by atoms with Crippen LogP contribution < -0.4 is 5.32 Å². The second-order valence-electron chi connectivity index (χ2n) is 4.86. The third kappa shape index (κ3) is 3.06. The summed E-state index contributed by atoms with van der Waals surface area (Å²) in [6, 6.07) is 14.4. The summed E-state index contributed by atoms with van der Waals surface area (Å²) in [4.78, 5) is 23.2. The maximum Gasteiger partial charge on any atom is 0.338 e. The first-order chi connectivity index (χ1) is 11.2. The van der Waals surface area contributed by atoms with Crippen molar-refractivity contribution < 1.29 is 18.8 Å². The Hall–Kier alpha value is -3.15. The fraction of sp³-hybridized carbons (Fsp3) is 0.118. The SMILES string of the molecule is CNC(=O)COC(=O)c1ccc2noc(-c3ccccc3)c2c1. The first-order valence-electron chi connectivity index (χ1n) is 7.01. The highest BCUT2D eigenvalue weighted by Gasteiger charge is 2.15. The predicted octanol–water partition coefficient (Wildman–Crippen LogP) is 2.40. The standard InChI is InChI=1S/C17H14N2O4/c1-18-15(20)10-22-17(21)12-7-8-14-13(9-12)16(23-19-14)11-5-3-2-4-6-11/h2-9H,10H2,1H3,(H,18,20). The van der Waals surface area contributed by atoms with Crippen molar-refractivity contribution in [3.05, 3.63) is 54.1 Å². The number of carbonyl (C=O) groups excluding carboxylic acids is 2. The molecule has 116 valence electrons. The maximum absolute atomic E-state index is 12.0. The molecule has 0 radical (unpaired) electrons. The number of carbonyl (C=O) groups is 2. The molecule has 6 nitrogen and oxygen atoms in total. The summed E-state index contributed by atoms with van der Waals surface area (Å²) in [5.74, 6) is -0.355. The summed E-state index contributed by atoms with van der Waals surface area (Å²) in [6.07, 6.45) is 0. The molecular formula is C17H14N2O4. The van der Waals surface area contributed by atoms with Gasteiger partial charge in [0.2, 0.25) is 0 Å². The summed E-state index contributed by atoms with van der Waals surface area (Å²) in [6.45, 7) is -0.317. The van der Waals surface area contributed by atoms with Gasteiger partial charge in [-0.25, -0.2) is 4.79 Å². The average Bonchev–Trinajstić information content (AvgIpc) is 3.03. The smallest absolute Gasteiger partial charge is 0.338 e. The number of nitrogens with one attached hydrogen (secondary N) is 1. The van der Waals surface area contributed by atoms with Gasteiger partial charge < -0.3 is 14.6 Å². The molecule has 23 heavy (non-hydrogen) atoms. The van der Waals surface area contributed by atoms with Crippen LogP contribution in [-0.4, -0.2) is 30.7 Å². The molecule has 3 aromatic rings. The largest absolute Gasteiger partial charge is 0.452 e. The Morgan fingerprint density at radius 1 is 1.17 bits per heavy atom. The number of ether oxygens (including phenoxy) is 1. The van der Waals surface area contributed by atoms with Crippen LogP contribution >= 0.6 is 0 Å². The lowest BCUT2D eigenvalue weighted by Gasteiger charge is -2.04. The van der Waals surface area contributed by atoms with Crippen LogP contribution in [0, 0.1) is 0 Å². The molecule has 3 rings (SSSR count). The zero-order valence-electron chi connectivity index (χ0n) is 12.4. The van der Waals surface area contributed by atoms with Gasteiger partial charge in [0.25, 0.3) is 5.91 Å². The molecule has 0 spiro atoms. The van der Waals surface area contributed by atoms with Crippen molar-refractivity contribution in [1.29, 1.82) is 0 Å². The van der Waals surface area contributed by atoms with Crippen LogP contribution in [-0.2, 0) is 9.53 Å². The van der Waals surface area contributed by atoms with E-state index in [-0.39, 0.29) is 12.5 Å². The molecule has 0 aliphatic carbocycles. The molecule has 0 bridgehead atoms. The van der Waals surface area contributed by atoms with E-state index in [0.717, 1.165) is 5.56 Å². The van der Waals surface area contributed by atoms with Crippen LogP contribution in [0.15, 0.2) is 53.1 Å². The number of rotatable bonds is 4. The number of aromatic nitrogens is 1. The quantitative estimate of drug-likeness (QED) is 0.748. The minimum atomic E-state index is -0.573. The predicted molar refractivity (Wildman–Crippen MR) is 83.8 cm³/mol. The summed E-state index contributed by atoms with van der Waals surface area (Å²) in [7, 11) is 1.48. The highest BCUT2D eigenvalue weighted by atomic mass is 16.5. The Labute approximate surface area is 132 Å². The van der Waals surface area contributed by atoms with Crippen molar-refractivity contribution in [2.75, 3.05) is 13.7 Å². The number of hydrogen-bond acceptors (Lipinski definition) is 5. The molecule has 0 saturated heterocycles. The third-order valence-electron chi connectivity index (χ3n) is 3.36. The highest BCUT2D eigenvalue weighted by Crippen LogP contribution is 2.29. The van der Waals surface area contributed by atoms with Crippen molar-refractivity contribution in [3.63, 3.8) is 0 Å². The molecule has 6 heteroatoms. The van der Waals surface area contributed by atoms with Crippen LogP contribution in [0.5, 0.6) is 0 Å². The third-order valence-corrected chi connectivity index (χ3v) is 3.36. The maximum atomic E-state index is 12.0. The minimum Gasteiger partial charge on any atom is -0.452 e. The fourth-order valence-electron chi connectivity index (χ4n) is 2.15. The molecule has 0 atom stereocenters. The number of amides is 1. The van der Waals surface area contributed by atoms with Crippen molar-refractivity contribution in [2.45, 2.75) is 0 Å². The van der Waals surface area contributed by atoms with E-state index in [1.807, 2.05) is 30.3 Å². The van der Waals surface area contributed by atoms with Gasteiger partial charge in [0.05, 0.1) is 10.9 Å². The zero-order valence-corrected chi connectivity index (χ0v) is 12.4. The van der Waals surface area contributed by atoms with E-state index in [1.54, 1.807) is 18.2 Å². The molecule has 1 N–H and O–H groups in total. The molecule has 0 aliphatic rings. The minimum absolute atomic E-state index is 0.317. The number of benzene rings is 2. The molecule has 1 amide bonds. The van der Waals surface area contributed by atoms with Gasteiger partial charge in [0.1, 0.15) is 5.52 Å². The monoisotopic (exact) mass is 310 g/mol. The van der Waals surface area contributed by atoms with Gasteiger partial charge in [-0.1, -0.05) is 35.5 Å². The number of nitrogens with zero attached hydrogens (tertiary/aromatic N) is 1. The van der Waals surface area contributed by atoms with Crippen LogP contribution in [0.25, 0.3) is 22.2 Å². The second kappa shape index (κ2) is 6.31. The van der Waals surface area contributed by atoms with E-state index in [0.29, 0.717) is 22.2 Å². The zero-order chi connectivity index (χ0) is 16.2. The van der Waals surface area contributed by atoms with Crippen LogP contribution in [0.2, 0.25) is 0 Å². The van der Waals surface area contributed by atoms with Gasteiger partial charge in [0.15, 0.2) is 12.4 Å². The Kier molecular flexibility index (Phi) is 4.05. The summed E-state index contributed by atoms with van der Waals surface area (Å²) in [5.41, 5.74) is 1.85. The van der Waals surface area contributed by atoms with Crippen molar-refractivity contribution in [1.82, 2.24) is 10.5 Å². The van der Waals surface area contributed by atoms with E-state index in [9.17, 15) is 9.59 Å². The van der Waals surface area contributed by atoms with Gasteiger partial charge in [0, 0.05) is 12.6 Å². The van der Waals surface area contributed by atoms with Gasteiger partial charge in [-0.15, -0.1) is 0 Å². The van der Waals surface area contributed by atoms with Gasteiger partial charge >= 0.3 is 5.97 Å². The van der Waals surface area contributed by atoms with Gasteiger partial charge in [-0.05, 0) is 18.2 Å². The number of hydrogen-bond donors (Lipinski definition) is 1. The first kappa shape index (κ1) is 14.8. The molecule has 0 aliphatic heterocycles. The Bertz CT molecular complexity index is 855. The second-order valence-corrected chi connectivity index (χ2v) is 4.86. The van der Waals surface area contributed by atoms with Crippen LogP contribution in [0.3, 0.4) is 0 Å². The van der Waals surface area contributed by atoms with Crippen molar-refractivity contribution in [3.8, 4) is 11.3 Å². The average molecular weight is 310 g/mol. The fourth-order valence-corrected chi connectivity index (χ4v) is 2.15. The lowest BCUT2D eigenvalue weighted by Crippen LogP contribution is -2.25. The summed E-state index contributed by atoms with van der Waals surface area (Å²) >= 11 is 0. The molecule has 0 unspecified atom stereocenters. The van der Waals surface area contributed by atoms with Crippen molar-refractivity contribution in [2.24, 2.45) is 0 Å². The normalized spacial score (nSPS) is 10.5. The highest BCUT2D eigenvalue weighted by molar-refractivity contribution is 5.99. The molecule has 1 aromatic heterocycles. The van der Waals surface area contributed by atoms with E-state index in [1.165, 1.54) is 7.05 Å². The first-order valence-corrected chi connectivity index (χ1v) is 7.01. The topological polar surface area (TPSA) is 81.4 Å². The lowest BCUT2D eigenvalue weighted by atomic mass is 10.1. The van der Waals surface area contributed by atoms with Crippen LogP contribution in [0.1, 0.15) is 10.4 Å². The molecule has 1 heterocycles. The molecule has 2 aromatic carbocycles. The van der Waals surface area contributed by atoms with Gasteiger partial charge in [-0.3, -0.25) is 4.79 Å². The van der Waals surface area contributed by atoms with E-state index < -0.39 is 5.97 Å². The molecule has 0 saturated carbocycles. The summed E-state index contributed by atoms with van der Waals surface area (Å²) < 4.78 is 10.3. The van der Waals surface area contributed by atoms with Crippen LogP contribution in [0.4, 0.5) is 0 Å². The summed E-state index contributed by atoms with van der Waals surface area (Å²) in [5, 5.41) is 7.09. The molecular weight excluding hydrogens is 296 g/mol. The lowest BCUT2D eigenvalue weighted by molar-refractivity contribution is -0.123. The van der Waals surface area contributed by atoms with Gasteiger partial charge in [-0.2, -0.15) is 0 Å². The van der Waals surface area contributed by atoms with Crippen molar-refractivity contribution >= 4 is 22.8 Å². The number of fused-ring (bicyclic) bond motifs is 1.